The van der Waals surface area contributed by atoms with E-state index >= 15 is 0 Å². The van der Waals surface area contributed by atoms with E-state index in [1.165, 1.54) is 5.56 Å². The van der Waals surface area contributed by atoms with Gasteiger partial charge in [-0.1, -0.05) is 55.8 Å². The van der Waals surface area contributed by atoms with E-state index in [2.05, 4.69) is 24.8 Å². The molecule has 20 heavy (non-hydrogen) atoms. The van der Waals surface area contributed by atoms with Crippen molar-refractivity contribution in [2.75, 3.05) is 0 Å². The molecule has 1 atom stereocenters. The van der Waals surface area contributed by atoms with Crippen molar-refractivity contribution in [2.45, 2.75) is 32.8 Å². The molecular formula is C18H19NO. The van der Waals surface area contributed by atoms with Crippen molar-refractivity contribution >= 4 is 5.69 Å². The van der Waals surface area contributed by atoms with E-state index in [0.29, 0.717) is 18.2 Å². The molecule has 2 aromatic carbocycles. The van der Waals surface area contributed by atoms with Crippen LogP contribution in [0.1, 0.15) is 37.3 Å². The first-order valence-corrected chi connectivity index (χ1v) is 6.92. The highest BCUT2D eigenvalue weighted by molar-refractivity contribution is 5.54. The molecule has 0 aliphatic heterocycles. The van der Waals surface area contributed by atoms with Gasteiger partial charge >= 0.3 is 0 Å². The Kier molecular flexibility index (Phi) is 4.79. The molecule has 2 aromatic rings. The Bertz CT molecular complexity index is 599. The summed E-state index contributed by atoms with van der Waals surface area (Å²) in [7, 11) is 0. The van der Waals surface area contributed by atoms with Crippen molar-refractivity contribution in [3.63, 3.8) is 0 Å². The summed E-state index contributed by atoms with van der Waals surface area (Å²) in [5, 5.41) is 0. The highest BCUT2D eigenvalue weighted by atomic mass is 16.5. The first-order valence-electron chi connectivity index (χ1n) is 6.92. The topological polar surface area (TPSA) is 13.6 Å². The summed E-state index contributed by atoms with van der Waals surface area (Å²) < 4.78 is 5.72. The molecule has 0 N–H and O–H groups in total. The van der Waals surface area contributed by atoms with Crippen molar-refractivity contribution < 1.29 is 4.74 Å². The lowest BCUT2D eigenvalue weighted by molar-refractivity contribution is 0.307. The lowest BCUT2D eigenvalue weighted by Gasteiger charge is -2.12. The van der Waals surface area contributed by atoms with Crippen LogP contribution in [0.5, 0.6) is 5.75 Å². The minimum atomic E-state index is 0.433. The van der Waals surface area contributed by atoms with Gasteiger partial charge < -0.3 is 4.74 Å². The Labute approximate surface area is 120 Å². The Morgan fingerprint density at radius 2 is 1.90 bits per heavy atom. The highest BCUT2D eigenvalue weighted by Crippen LogP contribution is 2.27. The molecule has 0 fully saturated rings. The largest absolute Gasteiger partial charge is 0.490 e. The van der Waals surface area contributed by atoms with E-state index < -0.39 is 0 Å². The molecule has 0 aliphatic carbocycles. The summed E-state index contributed by atoms with van der Waals surface area (Å²) in [6.45, 7) is 12.1. The van der Waals surface area contributed by atoms with E-state index in [4.69, 9.17) is 11.3 Å². The number of para-hydroxylation sites is 1. The molecule has 0 saturated carbocycles. The van der Waals surface area contributed by atoms with Gasteiger partial charge in [-0.15, -0.1) is 0 Å². The maximum absolute atomic E-state index is 7.33. The fraction of sp³-hybridized carbons (Fsp3) is 0.278. The van der Waals surface area contributed by atoms with Crippen LogP contribution in [-0.4, -0.2) is 0 Å². The third-order valence-corrected chi connectivity index (χ3v) is 3.55. The first kappa shape index (κ1) is 14.1. The SMILES string of the molecule is [C-]#[N+]c1cc(C(C)CC)ccc1COc1ccccc1. The zero-order valence-electron chi connectivity index (χ0n) is 12.0. The van der Waals surface area contributed by atoms with Gasteiger partial charge in [0, 0.05) is 0 Å². The smallest absolute Gasteiger partial charge is 0.194 e. The van der Waals surface area contributed by atoms with E-state index in [1.807, 2.05) is 42.5 Å². The molecule has 0 bridgehead atoms. The Hall–Kier alpha value is -2.27. The maximum Gasteiger partial charge on any atom is 0.194 e. The standard InChI is InChI=1S/C18H19NO/c1-4-14(2)15-10-11-16(18(12-15)19-3)13-20-17-8-6-5-7-9-17/h5-12,14H,4,13H2,1-2H3. The first-order chi connectivity index (χ1) is 9.74. The van der Waals surface area contributed by atoms with E-state index in [0.717, 1.165) is 17.7 Å². The van der Waals surface area contributed by atoms with Crippen LogP contribution >= 0.6 is 0 Å². The summed E-state index contributed by atoms with van der Waals surface area (Å²) in [5.41, 5.74) is 2.86. The van der Waals surface area contributed by atoms with Gasteiger partial charge in [-0.3, -0.25) is 0 Å². The minimum absolute atomic E-state index is 0.433. The molecule has 2 rings (SSSR count). The third kappa shape index (κ3) is 3.39. The van der Waals surface area contributed by atoms with Gasteiger partial charge in [0.1, 0.15) is 12.4 Å². The molecule has 1 unspecified atom stereocenters. The van der Waals surface area contributed by atoms with E-state index in [1.54, 1.807) is 0 Å². The summed E-state index contributed by atoms with van der Waals surface area (Å²) >= 11 is 0. The Morgan fingerprint density at radius 3 is 2.55 bits per heavy atom. The fourth-order valence-electron chi connectivity index (χ4n) is 2.03. The van der Waals surface area contributed by atoms with Crippen LogP contribution < -0.4 is 4.74 Å². The molecule has 0 heterocycles. The molecule has 102 valence electrons. The molecule has 2 heteroatoms. The Balaban J connectivity index is 2.14. The number of ether oxygens (including phenoxy) is 1. The third-order valence-electron chi connectivity index (χ3n) is 3.55. The molecular weight excluding hydrogens is 246 g/mol. The van der Waals surface area contributed by atoms with Crippen LogP contribution in [0, 0.1) is 6.57 Å². The van der Waals surface area contributed by atoms with Gasteiger partial charge in [0.05, 0.1) is 6.57 Å². The zero-order chi connectivity index (χ0) is 14.4. The van der Waals surface area contributed by atoms with Crippen molar-refractivity contribution in [2.24, 2.45) is 0 Å². The van der Waals surface area contributed by atoms with Crippen LogP contribution in [0.25, 0.3) is 4.85 Å². The number of hydrogen-bond donors (Lipinski definition) is 0. The second-order valence-electron chi connectivity index (χ2n) is 4.91. The van der Waals surface area contributed by atoms with Crippen LogP contribution in [-0.2, 0) is 6.61 Å². The average Bonchev–Trinajstić information content (AvgIpc) is 2.53. The van der Waals surface area contributed by atoms with Gasteiger partial charge in [0.15, 0.2) is 5.69 Å². The predicted octanol–water partition coefficient (Wildman–Crippen LogP) is 5.33. The van der Waals surface area contributed by atoms with Crippen molar-refractivity contribution in [3.05, 3.63) is 71.1 Å². The fourth-order valence-corrected chi connectivity index (χ4v) is 2.03. The number of hydrogen-bond acceptors (Lipinski definition) is 1. The number of rotatable bonds is 5. The predicted molar refractivity (Wildman–Crippen MR) is 82.2 cm³/mol. The molecule has 0 saturated heterocycles. The van der Waals surface area contributed by atoms with Crippen molar-refractivity contribution in [1.29, 1.82) is 0 Å². The second kappa shape index (κ2) is 6.77. The zero-order valence-corrected chi connectivity index (χ0v) is 12.0. The number of benzene rings is 2. The summed E-state index contributed by atoms with van der Waals surface area (Å²) in [4.78, 5) is 3.63. The molecule has 0 aliphatic rings. The molecule has 0 radical (unpaired) electrons. The molecule has 0 spiro atoms. The van der Waals surface area contributed by atoms with Crippen LogP contribution in [0.2, 0.25) is 0 Å². The van der Waals surface area contributed by atoms with Crippen LogP contribution in [0.15, 0.2) is 48.5 Å². The van der Waals surface area contributed by atoms with E-state index in [-0.39, 0.29) is 0 Å². The number of nitrogens with zero attached hydrogens (tertiary/aromatic N) is 1. The van der Waals surface area contributed by atoms with Crippen LogP contribution in [0.4, 0.5) is 5.69 Å². The minimum Gasteiger partial charge on any atom is -0.490 e. The van der Waals surface area contributed by atoms with Gasteiger partial charge in [-0.2, -0.15) is 0 Å². The average molecular weight is 265 g/mol. The van der Waals surface area contributed by atoms with Crippen molar-refractivity contribution in [1.82, 2.24) is 0 Å². The monoisotopic (exact) mass is 265 g/mol. The lowest BCUT2D eigenvalue weighted by Crippen LogP contribution is -1.97. The van der Waals surface area contributed by atoms with Gasteiger partial charge in [-0.25, -0.2) is 4.85 Å². The van der Waals surface area contributed by atoms with Crippen molar-refractivity contribution in [3.8, 4) is 5.75 Å². The highest BCUT2D eigenvalue weighted by Gasteiger charge is 2.08. The van der Waals surface area contributed by atoms with Gasteiger partial charge in [0.2, 0.25) is 0 Å². The Morgan fingerprint density at radius 1 is 1.15 bits per heavy atom. The second-order valence-corrected chi connectivity index (χ2v) is 4.91. The maximum atomic E-state index is 7.33. The molecule has 0 aromatic heterocycles. The molecule has 2 nitrogen and oxygen atoms in total. The quantitative estimate of drug-likeness (QED) is 0.666. The lowest BCUT2D eigenvalue weighted by atomic mass is 9.97. The summed E-state index contributed by atoms with van der Waals surface area (Å²) in [6, 6.07) is 15.8. The normalized spacial score (nSPS) is 11.7. The van der Waals surface area contributed by atoms with Gasteiger partial charge in [-0.05, 0) is 30.0 Å². The van der Waals surface area contributed by atoms with E-state index in [9.17, 15) is 0 Å². The molecule has 0 amide bonds. The summed E-state index contributed by atoms with van der Waals surface area (Å²) in [5.74, 6) is 1.31. The van der Waals surface area contributed by atoms with Gasteiger partial charge in [0.25, 0.3) is 0 Å². The van der Waals surface area contributed by atoms with Crippen LogP contribution in [0.3, 0.4) is 0 Å². The summed E-state index contributed by atoms with van der Waals surface area (Å²) in [6.07, 6.45) is 1.08.